The van der Waals surface area contributed by atoms with E-state index in [9.17, 15) is 0 Å². The fraction of sp³-hybridized carbons (Fsp3) is 0.255. The van der Waals surface area contributed by atoms with Gasteiger partial charge < -0.3 is 18.9 Å². The van der Waals surface area contributed by atoms with E-state index in [0.717, 1.165) is 50.0 Å². The molecule has 4 heterocycles. The summed E-state index contributed by atoms with van der Waals surface area (Å²) >= 11 is 0. The summed E-state index contributed by atoms with van der Waals surface area (Å²) in [5, 5.41) is 2.21. The van der Waals surface area contributed by atoms with Crippen LogP contribution in [0.5, 0.6) is 11.5 Å². The van der Waals surface area contributed by atoms with Gasteiger partial charge in [0.1, 0.15) is 5.82 Å². The largest absolute Gasteiger partial charge is 0.508 e. The molecule has 276 valence electrons. The molecule has 0 radical (unpaired) electrons. The van der Waals surface area contributed by atoms with Crippen molar-refractivity contribution in [2.24, 2.45) is 0 Å². The van der Waals surface area contributed by atoms with Gasteiger partial charge in [0.2, 0.25) is 0 Å². The Balaban J connectivity index is 0.00000450. The van der Waals surface area contributed by atoms with Gasteiger partial charge in [-0.2, -0.15) is 6.07 Å². The SMILES string of the molecule is CC(C)(C)c1cccc(-[n+]2[c-]n(-c3[c-]c(Oc4[c-]c5c(cc4)c4ccccc4n5-c4cc(C(C)(C)C)ccn4)cnc3)c3ccc(C(C)(C)C)cc32)c1.[Pt]. The third-order valence-electron chi connectivity index (χ3n) is 9.99. The molecular weight excluding hydrogens is 846 g/mol. The van der Waals surface area contributed by atoms with Crippen molar-refractivity contribution in [3.8, 4) is 28.7 Å². The minimum atomic E-state index is -0.0185. The summed E-state index contributed by atoms with van der Waals surface area (Å²) in [6.07, 6.45) is 9.02. The van der Waals surface area contributed by atoms with Crippen LogP contribution in [0.1, 0.15) is 79.0 Å². The Hall–Kier alpha value is -5.06. The van der Waals surface area contributed by atoms with Gasteiger partial charge in [0.25, 0.3) is 6.33 Å². The van der Waals surface area contributed by atoms with Crippen LogP contribution in [0.15, 0.2) is 110 Å². The number of benzene rings is 4. The van der Waals surface area contributed by atoms with E-state index < -0.39 is 0 Å². The van der Waals surface area contributed by atoms with Crippen molar-refractivity contribution in [1.29, 1.82) is 0 Å². The first-order chi connectivity index (χ1) is 25.1. The van der Waals surface area contributed by atoms with E-state index in [2.05, 4.69) is 180 Å². The predicted molar refractivity (Wildman–Crippen MR) is 214 cm³/mol. The van der Waals surface area contributed by atoms with Gasteiger partial charge >= 0.3 is 0 Å². The molecular formula is C47H45N5OPt-2. The summed E-state index contributed by atoms with van der Waals surface area (Å²) in [5.41, 5.74) is 9.48. The zero-order chi connectivity index (χ0) is 37.3. The van der Waals surface area contributed by atoms with E-state index >= 15 is 0 Å². The average molecular weight is 891 g/mol. The van der Waals surface area contributed by atoms with Crippen LogP contribution >= 0.6 is 0 Å². The number of fused-ring (bicyclic) bond motifs is 4. The maximum absolute atomic E-state index is 6.49. The van der Waals surface area contributed by atoms with E-state index in [-0.39, 0.29) is 37.3 Å². The van der Waals surface area contributed by atoms with Gasteiger partial charge in [-0.15, -0.1) is 23.6 Å². The molecule has 4 aromatic carbocycles. The normalized spacial score (nSPS) is 12.4. The maximum Gasteiger partial charge on any atom is 0.268 e. The van der Waals surface area contributed by atoms with Gasteiger partial charge in [0.05, 0.1) is 16.7 Å². The summed E-state index contributed by atoms with van der Waals surface area (Å²) < 4.78 is 12.8. The summed E-state index contributed by atoms with van der Waals surface area (Å²) in [6.45, 7) is 20.1. The molecule has 0 aliphatic heterocycles. The first-order valence-electron chi connectivity index (χ1n) is 18.2. The molecule has 0 spiro atoms. The van der Waals surface area contributed by atoms with Crippen molar-refractivity contribution in [1.82, 2.24) is 19.1 Å². The molecule has 0 fully saturated rings. The molecule has 0 unspecified atom stereocenters. The molecule has 0 aliphatic carbocycles. The Morgan fingerprint density at radius 1 is 0.630 bits per heavy atom. The Morgan fingerprint density at radius 3 is 2.11 bits per heavy atom. The third-order valence-corrected chi connectivity index (χ3v) is 9.99. The van der Waals surface area contributed by atoms with Crippen LogP contribution < -0.4 is 9.30 Å². The van der Waals surface area contributed by atoms with Crippen LogP contribution in [0.3, 0.4) is 0 Å². The Bertz CT molecular complexity index is 2670. The molecule has 6 nitrogen and oxygen atoms in total. The fourth-order valence-electron chi connectivity index (χ4n) is 6.89. The number of imidazole rings is 1. The van der Waals surface area contributed by atoms with Crippen LogP contribution in [0.2, 0.25) is 0 Å². The third kappa shape index (κ3) is 6.89. The maximum atomic E-state index is 6.49. The van der Waals surface area contributed by atoms with Crippen LogP contribution in [-0.2, 0) is 37.3 Å². The standard InChI is InChI=1S/C47H45N5O.Pt/c1-45(2,3)31-13-12-14-34(23-31)50-30-51(41-20-17-32(24-43(41)50)46(4,5)6)35-26-37(29-48-28-35)53-36-18-19-39-38-15-10-11-16-40(38)52(42(39)27-36)44-25-33(21-22-49-44)47(7,8)9;/h10-25,28-29H,1-9H3;/q-2;. The molecule has 4 aromatic heterocycles. The van der Waals surface area contributed by atoms with Crippen molar-refractivity contribution in [3.05, 3.63) is 145 Å². The second-order valence-corrected chi connectivity index (χ2v) is 17.0. The molecule has 0 saturated carbocycles. The van der Waals surface area contributed by atoms with Crippen LogP contribution in [-0.4, -0.2) is 19.1 Å². The number of para-hydroxylation sites is 1. The van der Waals surface area contributed by atoms with Gasteiger partial charge in [-0.3, -0.25) is 4.57 Å². The molecule has 0 aliphatic rings. The minimum absolute atomic E-state index is 0. The van der Waals surface area contributed by atoms with Crippen molar-refractivity contribution < 1.29 is 30.4 Å². The van der Waals surface area contributed by atoms with Crippen LogP contribution in [0.25, 0.3) is 50.0 Å². The molecule has 0 N–H and O–H groups in total. The average Bonchev–Trinajstić information content (AvgIpc) is 3.66. The first-order valence-corrected chi connectivity index (χ1v) is 18.2. The summed E-state index contributed by atoms with van der Waals surface area (Å²) in [7, 11) is 0. The molecule has 0 bridgehead atoms. The van der Waals surface area contributed by atoms with Crippen molar-refractivity contribution in [2.75, 3.05) is 0 Å². The Morgan fingerprint density at radius 2 is 1.35 bits per heavy atom. The number of aromatic nitrogens is 5. The van der Waals surface area contributed by atoms with Crippen LogP contribution in [0.4, 0.5) is 0 Å². The molecule has 8 aromatic rings. The monoisotopic (exact) mass is 890 g/mol. The van der Waals surface area contributed by atoms with Crippen molar-refractivity contribution in [3.63, 3.8) is 0 Å². The number of ether oxygens (including phenoxy) is 1. The summed E-state index contributed by atoms with van der Waals surface area (Å²) in [5.74, 6) is 1.89. The number of nitrogens with zero attached hydrogens (tertiary/aromatic N) is 5. The number of hydrogen-bond donors (Lipinski definition) is 0. The quantitative estimate of drug-likeness (QED) is 0.128. The predicted octanol–water partition coefficient (Wildman–Crippen LogP) is 10.9. The molecule has 0 saturated heterocycles. The summed E-state index contributed by atoms with van der Waals surface area (Å²) in [4.78, 5) is 9.42. The number of hydrogen-bond acceptors (Lipinski definition) is 3. The van der Waals surface area contributed by atoms with Crippen molar-refractivity contribution in [2.45, 2.75) is 78.6 Å². The molecule has 8 rings (SSSR count). The minimum Gasteiger partial charge on any atom is -0.508 e. The molecule has 0 atom stereocenters. The van der Waals surface area contributed by atoms with E-state index in [1.165, 1.54) is 16.7 Å². The zero-order valence-electron chi connectivity index (χ0n) is 32.4. The van der Waals surface area contributed by atoms with Gasteiger partial charge in [-0.05, 0) is 86.6 Å². The number of pyridine rings is 2. The Labute approximate surface area is 332 Å². The second-order valence-electron chi connectivity index (χ2n) is 17.0. The zero-order valence-corrected chi connectivity index (χ0v) is 34.6. The first kappa shape index (κ1) is 37.3. The second kappa shape index (κ2) is 13.7. The topological polar surface area (TPSA) is 48.8 Å². The number of rotatable bonds is 5. The molecule has 0 amide bonds. The van der Waals surface area contributed by atoms with E-state index in [1.54, 1.807) is 12.4 Å². The van der Waals surface area contributed by atoms with Gasteiger partial charge in [-0.1, -0.05) is 116 Å². The Kier molecular flexibility index (Phi) is 9.42. The molecule has 7 heteroatoms. The fourth-order valence-corrected chi connectivity index (χ4v) is 6.89. The smallest absolute Gasteiger partial charge is 0.268 e. The van der Waals surface area contributed by atoms with E-state index in [4.69, 9.17) is 9.72 Å². The van der Waals surface area contributed by atoms with Gasteiger partial charge in [-0.25, -0.2) is 4.98 Å². The van der Waals surface area contributed by atoms with Gasteiger partial charge in [0.15, 0.2) is 0 Å². The van der Waals surface area contributed by atoms with E-state index in [1.807, 2.05) is 16.8 Å². The van der Waals surface area contributed by atoms with Crippen LogP contribution in [0, 0.1) is 18.5 Å². The van der Waals surface area contributed by atoms with Crippen molar-refractivity contribution >= 4 is 32.8 Å². The summed E-state index contributed by atoms with van der Waals surface area (Å²) in [6, 6.07) is 39.1. The van der Waals surface area contributed by atoms with Gasteiger partial charge in [0, 0.05) is 44.3 Å². The molecule has 54 heavy (non-hydrogen) atoms. The van der Waals surface area contributed by atoms with E-state index in [0.29, 0.717) is 11.5 Å².